The number of halogens is 3. The van der Waals surface area contributed by atoms with Crippen molar-refractivity contribution < 1.29 is 9.13 Å². The summed E-state index contributed by atoms with van der Waals surface area (Å²) in [7, 11) is 0. The van der Waals surface area contributed by atoms with E-state index in [-0.39, 0.29) is 41.8 Å². The molecule has 2 N–H and O–H groups in total. The fourth-order valence-corrected chi connectivity index (χ4v) is 2.84. The summed E-state index contributed by atoms with van der Waals surface area (Å²) < 4.78 is 19.3. The van der Waals surface area contributed by atoms with Crippen LogP contribution in [0, 0.1) is 5.82 Å². The van der Waals surface area contributed by atoms with Crippen molar-refractivity contribution in [3.05, 3.63) is 34.6 Å². The molecular formula is C17H26ClFIN3O. The van der Waals surface area contributed by atoms with Crippen LogP contribution < -0.4 is 10.6 Å². The van der Waals surface area contributed by atoms with Crippen molar-refractivity contribution in [2.24, 2.45) is 4.99 Å². The van der Waals surface area contributed by atoms with Crippen LogP contribution in [0.25, 0.3) is 0 Å². The van der Waals surface area contributed by atoms with Gasteiger partial charge in [-0.2, -0.15) is 0 Å². The molecule has 4 nitrogen and oxygen atoms in total. The highest BCUT2D eigenvalue weighted by Crippen LogP contribution is 2.44. The number of nitrogens with zero attached hydrogens (tertiary/aromatic N) is 1. The van der Waals surface area contributed by atoms with Gasteiger partial charge >= 0.3 is 0 Å². The van der Waals surface area contributed by atoms with Gasteiger partial charge in [0.15, 0.2) is 5.96 Å². The molecule has 2 unspecified atom stereocenters. The summed E-state index contributed by atoms with van der Waals surface area (Å²) in [4.78, 5) is 4.53. The summed E-state index contributed by atoms with van der Waals surface area (Å²) in [5, 5.41) is 7.07. The zero-order valence-corrected chi connectivity index (χ0v) is 17.2. The monoisotopic (exact) mass is 469 g/mol. The maximum Gasteiger partial charge on any atom is 0.191 e. The summed E-state index contributed by atoms with van der Waals surface area (Å²) in [5.41, 5.74) is 0.610. The van der Waals surface area contributed by atoms with E-state index in [1.165, 1.54) is 6.07 Å². The highest BCUT2D eigenvalue weighted by molar-refractivity contribution is 14.0. The first kappa shape index (κ1) is 21.4. The minimum atomic E-state index is -0.231. The first-order valence-corrected chi connectivity index (χ1v) is 8.61. The Kier molecular flexibility index (Phi) is 9.92. The van der Waals surface area contributed by atoms with Crippen LogP contribution in [0.5, 0.6) is 0 Å². The minimum Gasteiger partial charge on any atom is -0.382 e. The van der Waals surface area contributed by atoms with Gasteiger partial charge in [0.25, 0.3) is 0 Å². The van der Waals surface area contributed by atoms with Gasteiger partial charge in [-0.25, -0.2) is 4.39 Å². The van der Waals surface area contributed by atoms with Crippen molar-refractivity contribution in [3.63, 3.8) is 0 Å². The van der Waals surface area contributed by atoms with Gasteiger partial charge in [-0.1, -0.05) is 17.7 Å². The molecule has 2 atom stereocenters. The summed E-state index contributed by atoms with van der Waals surface area (Å²) >= 11 is 6.13. The molecule has 1 aliphatic rings. The Labute approximate surface area is 165 Å². The second-order valence-corrected chi connectivity index (χ2v) is 5.95. The topological polar surface area (TPSA) is 45.7 Å². The Hall–Kier alpha value is -0.600. The van der Waals surface area contributed by atoms with Gasteiger partial charge < -0.3 is 15.4 Å². The van der Waals surface area contributed by atoms with E-state index in [9.17, 15) is 4.39 Å². The molecule has 0 aromatic heterocycles. The SMILES string of the molecule is CCNC(=NCCCOCC)NC1CC1c1c(F)cccc1Cl.I. The van der Waals surface area contributed by atoms with Gasteiger partial charge in [0.05, 0.1) is 0 Å². The quantitative estimate of drug-likeness (QED) is 0.262. The summed E-state index contributed by atoms with van der Waals surface area (Å²) in [6.07, 6.45) is 1.75. The van der Waals surface area contributed by atoms with E-state index >= 15 is 0 Å². The van der Waals surface area contributed by atoms with Crippen LogP contribution >= 0.6 is 35.6 Å². The molecule has 0 spiro atoms. The molecule has 1 fully saturated rings. The Balaban J connectivity index is 0.00000288. The molecule has 1 saturated carbocycles. The average molecular weight is 470 g/mol. The van der Waals surface area contributed by atoms with Crippen molar-refractivity contribution in [2.75, 3.05) is 26.3 Å². The predicted molar refractivity (Wildman–Crippen MR) is 108 cm³/mol. The van der Waals surface area contributed by atoms with Crippen LogP contribution in [0.15, 0.2) is 23.2 Å². The van der Waals surface area contributed by atoms with Gasteiger partial charge in [0.1, 0.15) is 5.82 Å². The second-order valence-electron chi connectivity index (χ2n) is 5.54. The van der Waals surface area contributed by atoms with E-state index in [1.807, 2.05) is 13.8 Å². The fourth-order valence-electron chi connectivity index (χ4n) is 2.54. The van der Waals surface area contributed by atoms with Gasteiger partial charge in [-0.05, 0) is 38.8 Å². The van der Waals surface area contributed by atoms with E-state index in [4.69, 9.17) is 16.3 Å². The van der Waals surface area contributed by atoms with E-state index in [0.717, 1.165) is 38.6 Å². The average Bonchev–Trinajstić information content (AvgIpc) is 3.26. The zero-order chi connectivity index (χ0) is 16.7. The standard InChI is InChI=1S/C17H25ClFN3O.HI/c1-3-20-17(21-9-6-10-23-4-2)22-15-11-12(15)16-13(18)7-5-8-14(16)19;/h5,7-8,12,15H,3-4,6,9-11H2,1-2H3,(H2,20,21,22);1H. The summed E-state index contributed by atoms with van der Waals surface area (Å²) in [6, 6.07) is 5.01. The summed E-state index contributed by atoms with van der Waals surface area (Å²) in [5.74, 6) is 0.644. The molecule has 7 heteroatoms. The van der Waals surface area contributed by atoms with Crippen molar-refractivity contribution in [1.82, 2.24) is 10.6 Å². The second kappa shape index (κ2) is 11.1. The molecule has 0 heterocycles. The Morgan fingerprint density at radius 3 is 2.88 bits per heavy atom. The smallest absolute Gasteiger partial charge is 0.191 e. The largest absolute Gasteiger partial charge is 0.382 e. The molecule has 0 aliphatic heterocycles. The molecule has 0 radical (unpaired) electrons. The molecule has 1 aromatic carbocycles. The van der Waals surface area contributed by atoms with Crippen LogP contribution in [-0.4, -0.2) is 38.3 Å². The maximum absolute atomic E-state index is 13.9. The van der Waals surface area contributed by atoms with E-state index in [2.05, 4.69) is 15.6 Å². The van der Waals surface area contributed by atoms with Crippen molar-refractivity contribution >= 4 is 41.5 Å². The van der Waals surface area contributed by atoms with Crippen LogP contribution in [0.2, 0.25) is 5.02 Å². The minimum absolute atomic E-state index is 0. The number of benzene rings is 1. The molecule has 0 saturated heterocycles. The van der Waals surface area contributed by atoms with E-state index in [0.29, 0.717) is 17.1 Å². The maximum atomic E-state index is 13.9. The van der Waals surface area contributed by atoms with Crippen LogP contribution in [0.4, 0.5) is 4.39 Å². The Bertz CT molecular complexity index is 524. The summed E-state index contributed by atoms with van der Waals surface area (Å²) in [6.45, 7) is 6.94. The van der Waals surface area contributed by atoms with Crippen molar-refractivity contribution in [3.8, 4) is 0 Å². The Morgan fingerprint density at radius 1 is 1.42 bits per heavy atom. The van der Waals surface area contributed by atoms with E-state index in [1.54, 1.807) is 12.1 Å². The third kappa shape index (κ3) is 6.37. The number of nitrogens with one attached hydrogen (secondary N) is 2. The molecule has 1 aliphatic carbocycles. The third-order valence-corrected chi connectivity index (χ3v) is 4.08. The van der Waals surface area contributed by atoms with Gasteiger partial charge in [-0.15, -0.1) is 24.0 Å². The van der Waals surface area contributed by atoms with Gasteiger partial charge in [-0.3, -0.25) is 4.99 Å². The molecule has 0 amide bonds. The molecule has 2 rings (SSSR count). The lowest BCUT2D eigenvalue weighted by Gasteiger charge is -2.12. The van der Waals surface area contributed by atoms with Crippen LogP contribution in [0.1, 0.15) is 38.2 Å². The first-order chi connectivity index (χ1) is 11.2. The lowest BCUT2D eigenvalue weighted by atomic mass is 10.1. The van der Waals surface area contributed by atoms with Gasteiger partial charge in [0, 0.05) is 48.8 Å². The zero-order valence-electron chi connectivity index (χ0n) is 14.1. The normalized spacial score (nSPS) is 19.6. The molecular weight excluding hydrogens is 444 g/mol. The van der Waals surface area contributed by atoms with Crippen LogP contribution in [-0.2, 0) is 4.74 Å². The van der Waals surface area contributed by atoms with E-state index < -0.39 is 0 Å². The number of hydrogen-bond donors (Lipinski definition) is 2. The first-order valence-electron chi connectivity index (χ1n) is 8.23. The van der Waals surface area contributed by atoms with Gasteiger partial charge in [0.2, 0.25) is 0 Å². The van der Waals surface area contributed by atoms with Crippen LogP contribution in [0.3, 0.4) is 0 Å². The highest BCUT2D eigenvalue weighted by atomic mass is 127. The number of rotatable bonds is 8. The number of ether oxygens (including phenoxy) is 1. The highest BCUT2D eigenvalue weighted by Gasteiger charge is 2.41. The fraction of sp³-hybridized carbons (Fsp3) is 0.588. The number of guanidine groups is 1. The third-order valence-electron chi connectivity index (χ3n) is 3.75. The molecule has 24 heavy (non-hydrogen) atoms. The molecule has 1 aromatic rings. The lowest BCUT2D eigenvalue weighted by molar-refractivity contribution is 0.146. The lowest BCUT2D eigenvalue weighted by Crippen LogP contribution is -2.39. The predicted octanol–water partition coefficient (Wildman–Crippen LogP) is 3.93. The number of aliphatic imine (C=N–C) groups is 1. The van der Waals surface area contributed by atoms with Crippen molar-refractivity contribution in [2.45, 2.75) is 38.6 Å². The Morgan fingerprint density at radius 2 is 2.21 bits per heavy atom. The number of hydrogen-bond acceptors (Lipinski definition) is 2. The molecule has 136 valence electrons. The van der Waals surface area contributed by atoms with Crippen molar-refractivity contribution in [1.29, 1.82) is 0 Å². The molecule has 0 bridgehead atoms.